The van der Waals surface area contributed by atoms with Crippen LogP contribution in [0.15, 0.2) is 16.9 Å². The van der Waals surface area contributed by atoms with Gasteiger partial charge < -0.3 is 9.64 Å². The van der Waals surface area contributed by atoms with Crippen molar-refractivity contribution in [3.05, 3.63) is 28.2 Å². The van der Waals surface area contributed by atoms with Gasteiger partial charge in [0.05, 0.1) is 12.7 Å². The van der Waals surface area contributed by atoms with Crippen molar-refractivity contribution in [2.75, 3.05) is 19.7 Å². The summed E-state index contributed by atoms with van der Waals surface area (Å²) in [6.45, 7) is 6.10. The zero-order chi connectivity index (χ0) is 13.8. The molecule has 19 heavy (non-hydrogen) atoms. The lowest BCUT2D eigenvalue weighted by Crippen LogP contribution is -2.45. The molecule has 0 aromatic carbocycles. The monoisotopic (exact) mass is 265 g/mol. The Kier molecular flexibility index (Phi) is 4.31. The van der Waals surface area contributed by atoms with Gasteiger partial charge in [-0.2, -0.15) is 5.10 Å². The van der Waals surface area contributed by atoms with Crippen LogP contribution >= 0.6 is 0 Å². The molecule has 0 N–H and O–H groups in total. The lowest BCUT2D eigenvalue weighted by molar-refractivity contribution is -0.0127. The van der Waals surface area contributed by atoms with Gasteiger partial charge in [0.15, 0.2) is 0 Å². The van der Waals surface area contributed by atoms with E-state index in [4.69, 9.17) is 4.74 Å². The first kappa shape index (κ1) is 13.7. The highest BCUT2D eigenvalue weighted by Gasteiger charge is 2.23. The van der Waals surface area contributed by atoms with Gasteiger partial charge in [-0.05, 0) is 19.4 Å². The van der Waals surface area contributed by atoms with Crippen LogP contribution in [0.1, 0.15) is 30.8 Å². The molecule has 0 radical (unpaired) electrons. The molecule has 1 aromatic rings. The van der Waals surface area contributed by atoms with Crippen molar-refractivity contribution in [2.24, 2.45) is 0 Å². The van der Waals surface area contributed by atoms with E-state index in [1.807, 2.05) is 13.8 Å². The molecular weight excluding hydrogens is 246 g/mol. The second-order valence-electron chi connectivity index (χ2n) is 4.71. The molecule has 1 fully saturated rings. The fourth-order valence-corrected chi connectivity index (χ4v) is 2.10. The molecule has 0 bridgehead atoms. The number of hydrogen-bond donors (Lipinski definition) is 0. The van der Waals surface area contributed by atoms with Gasteiger partial charge in [0, 0.05) is 25.7 Å². The second kappa shape index (κ2) is 5.97. The van der Waals surface area contributed by atoms with Gasteiger partial charge in [0.1, 0.15) is 5.69 Å². The highest BCUT2D eigenvalue weighted by Crippen LogP contribution is 2.08. The average molecular weight is 265 g/mol. The molecule has 0 aliphatic carbocycles. The van der Waals surface area contributed by atoms with Crippen molar-refractivity contribution < 1.29 is 9.53 Å². The van der Waals surface area contributed by atoms with E-state index in [0.29, 0.717) is 31.9 Å². The zero-order valence-electron chi connectivity index (χ0n) is 11.3. The predicted octanol–water partition coefficient (Wildman–Crippen LogP) is 0.514. The number of ether oxygens (including phenoxy) is 1. The topological polar surface area (TPSA) is 64.4 Å². The summed E-state index contributed by atoms with van der Waals surface area (Å²) >= 11 is 0. The Hall–Kier alpha value is -1.69. The number of rotatable bonds is 3. The Morgan fingerprint density at radius 1 is 1.53 bits per heavy atom. The summed E-state index contributed by atoms with van der Waals surface area (Å²) in [6, 6.07) is 2.90. The lowest BCUT2D eigenvalue weighted by Gasteiger charge is -2.30. The molecule has 1 saturated heterocycles. The van der Waals surface area contributed by atoms with Crippen LogP contribution < -0.4 is 5.56 Å². The molecule has 6 nitrogen and oxygen atoms in total. The summed E-state index contributed by atoms with van der Waals surface area (Å²) in [5, 5.41) is 4.13. The molecule has 1 aliphatic rings. The summed E-state index contributed by atoms with van der Waals surface area (Å²) in [5.41, 5.74) is 0.149. The predicted molar refractivity (Wildman–Crippen MR) is 70.1 cm³/mol. The quantitative estimate of drug-likeness (QED) is 0.799. The first-order chi connectivity index (χ1) is 9.11. The molecule has 1 unspecified atom stereocenters. The number of aryl methyl sites for hydroxylation is 1. The van der Waals surface area contributed by atoms with E-state index < -0.39 is 0 Å². The van der Waals surface area contributed by atoms with Crippen molar-refractivity contribution in [3.63, 3.8) is 0 Å². The molecule has 104 valence electrons. The third-order valence-corrected chi connectivity index (χ3v) is 3.05. The summed E-state index contributed by atoms with van der Waals surface area (Å²) in [4.78, 5) is 25.6. The number of amides is 1. The van der Waals surface area contributed by atoms with E-state index in [-0.39, 0.29) is 17.6 Å². The highest BCUT2D eigenvalue weighted by atomic mass is 16.5. The Labute approximate surface area is 112 Å². The molecule has 6 heteroatoms. The maximum atomic E-state index is 12.3. The summed E-state index contributed by atoms with van der Waals surface area (Å²) in [7, 11) is 0. The van der Waals surface area contributed by atoms with Crippen molar-refractivity contribution in [1.29, 1.82) is 0 Å². The Morgan fingerprint density at radius 2 is 2.32 bits per heavy atom. The fraction of sp³-hybridized carbons (Fsp3) is 0.615. The molecule has 1 aliphatic heterocycles. The Morgan fingerprint density at radius 3 is 3.00 bits per heavy atom. The van der Waals surface area contributed by atoms with E-state index in [1.54, 1.807) is 4.90 Å². The number of morpholine rings is 1. The van der Waals surface area contributed by atoms with Crippen molar-refractivity contribution in [2.45, 2.75) is 32.9 Å². The molecule has 0 spiro atoms. The van der Waals surface area contributed by atoms with Gasteiger partial charge in [0.2, 0.25) is 0 Å². The number of carbonyl (C=O) groups excluding carboxylic acids is 1. The second-order valence-corrected chi connectivity index (χ2v) is 4.71. The van der Waals surface area contributed by atoms with E-state index in [2.05, 4.69) is 5.10 Å². The minimum Gasteiger partial charge on any atom is -0.375 e. The smallest absolute Gasteiger partial charge is 0.274 e. The third-order valence-electron chi connectivity index (χ3n) is 3.05. The third kappa shape index (κ3) is 3.20. The lowest BCUT2D eigenvalue weighted by atomic mass is 10.2. The van der Waals surface area contributed by atoms with Crippen LogP contribution in [0.3, 0.4) is 0 Å². The van der Waals surface area contributed by atoms with Crippen LogP contribution in [-0.4, -0.2) is 46.4 Å². The van der Waals surface area contributed by atoms with Crippen LogP contribution in [0.25, 0.3) is 0 Å². The van der Waals surface area contributed by atoms with E-state index >= 15 is 0 Å². The van der Waals surface area contributed by atoms with Gasteiger partial charge in [-0.15, -0.1) is 0 Å². The van der Waals surface area contributed by atoms with Crippen molar-refractivity contribution in [1.82, 2.24) is 14.7 Å². The number of hydrogen-bond acceptors (Lipinski definition) is 4. The maximum Gasteiger partial charge on any atom is 0.274 e. The first-order valence-corrected chi connectivity index (χ1v) is 6.61. The van der Waals surface area contributed by atoms with Crippen LogP contribution in [0.2, 0.25) is 0 Å². The summed E-state index contributed by atoms with van der Waals surface area (Å²) in [5.74, 6) is -0.139. The van der Waals surface area contributed by atoms with E-state index in [9.17, 15) is 9.59 Å². The maximum absolute atomic E-state index is 12.3. The summed E-state index contributed by atoms with van der Waals surface area (Å²) in [6.07, 6.45) is 0.846. The summed E-state index contributed by atoms with van der Waals surface area (Å²) < 4.78 is 6.75. The highest BCUT2D eigenvalue weighted by molar-refractivity contribution is 5.92. The molecule has 1 aromatic heterocycles. The van der Waals surface area contributed by atoms with Gasteiger partial charge >= 0.3 is 0 Å². The SMILES string of the molecule is CCCn1nc(C(=O)N2CCOC(C)C2)ccc1=O. The van der Waals surface area contributed by atoms with E-state index in [1.165, 1.54) is 16.8 Å². The normalized spacial score (nSPS) is 19.5. The van der Waals surface area contributed by atoms with Gasteiger partial charge in [-0.1, -0.05) is 6.92 Å². The standard InChI is InChI=1S/C13H19N3O3/c1-3-6-16-12(17)5-4-11(14-16)13(18)15-7-8-19-10(2)9-15/h4-5,10H,3,6-9H2,1-2H3. The molecule has 1 amide bonds. The zero-order valence-corrected chi connectivity index (χ0v) is 11.3. The molecular formula is C13H19N3O3. The first-order valence-electron chi connectivity index (χ1n) is 6.61. The van der Waals surface area contributed by atoms with Crippen LogP contribution in [0.4, 0.5) is 0 Å². The van der Waals surface area contributed by atoms with E-state index in [0.717, 1.165) is 6.42 Å². The number of aromatic nitrogens is 2. The van der Waals surface area contributed by atoms with Crippen molar-refractivity contribution >= 4 is 5.91 Å². The Bertz CT molecular complexity index is 512. The molecule has 1 atom stereocenters. The Balaban J connectivity index is 2.18. The molecule has 2 heterocycles. The van der Waals surface area contributed by atoms with Gasteiger partial charge in [0.25, 0.3) is 11.5 Å². The van der Waals surface area contributed by atoms with Gasteiger partial charge in [-0.3, -0.25) is 9.59 Å². The van der Waals surface area contributed by atoms with Gasteiger partial charge in [-0.25, -0.2) is 4.68 Å². The fourth-order valence-electron chi connectivity index (χ4n) is 2.10. The molecule has 2 rings (SSSR count). The number of carbonyl (C=O) groups is 1. The van der Waals surface area contributed by atoms with Crippen LogP contribution in [0, 0.1) is 0 Å². The largest absolute Gasteiger partial charge is 0.375 e. The van der Waals surface area contributed by atoms with Crippen LogP contribution in [-0.2, 0) is 11.3 Å². The minimum absolute atomic E-state index is 0.0410. The number of nitrogens with zero attached hydrogens (tertiary/aromatic N) is 3. The molecule has 0 saturated carbocycles. The average Bonchev–Trinajstić information content (AvgIpc) is 2.41. The van der Waals surface area contributed by atoms with Crippen molar-refractivity contribution in [3.8, 4) is 0 Å². The minimum atomic E-state index is -0.172. The van der Waals surface area contributed by atoms with Crippen LogP contribution in [0.5, 0.6) is 0 Å².